The second-order valence-electron chi connectivity index (χ2n) is 6.52. The second-order valence-corrected chi connectivity index (χ2v) is 6.52. The number of rotatable bonds is 8. The number of ether oxygens (including phenoxy) is 3. The summed E-state index contributed by atoms with van der Waals surface area (Å²) >= 11 is 0. The van der Waals surface area contributed by atoms with Crippen molar-refractivity contribution in [3.63, 3.8) is 0 Å². The Morgan fingerprint density at radius 1 is 0.759 bits per heavy atom. The fourth-order valence-electron chi connectivity index (χ4n) is 3.21. The molecule has 1 amide bonds. The van der Waals surface area contributed by atoms with Crippen molar-refractivity contribution in [2.24, 2.45) is 0 Å². The third kappa shape index (κ3) is 4.88. The average molecular weight is 391 g/mol. The summed E-state index contributed by atoms with van der Waals surface area (Å²) in [5.41, 5.74) is 3.61. The molecule has 3 rings (SSSR count). The minimum Gasteiger partial charge on any atom is -0.496 e. The van der Waals surface area contributed by atoms with Crippen LogP contribution in [0.15, 0.2) is 66.7 Å². The van der Waals surface area contributed by atoms with Crippen molar-refractivity contribution in [1.82, 2.24) is 5.32 Å². The average Bonchev–Trinajstić information content (AvgIpc) is 2.77. The zero-order valence-electron chi connectivity index (χ0n) is 16.9. The predicted octanol–water partition coefficient (Wildman–Crippen LogP) is 4.23. The smallest absolute Gasteiger partial charge is 0.251 e. The maximum absolute atomic E-state index is 12.9. The largest absolute Gasteiger partial charge is 0.496 e. The minimum atomic E-state index is -0.131. The van der Waals surface area contributed by atoms with Gasteiger partial charge in [0.2, 0.25) is 0 Å². The molecule has 0 aliphatic rings. The van der Waals surface area contributed by atoms with Gasteiger partial charge in [-0.1, -0.05) is 48.5 Å². The number of benzene rings is 3. The van der Waals surface area contributed by atoms with Crippen molar-refractivity contribution >= 4 is 5.91 Å². The van der Waals surface area contributed by atoms with Gasteiger partial charge < -0.3 is 19.5 Å². The van der Waals surface area contributed by atoms with Crippen LogP contribution in [0.25, 0.3) is 0 Å². The van der Waals surface area contributed by atoms with E-state index in [4.69, 9.17) is 14.2 Å². The van der Waals surface area contributed by atoms with E-state index in [2.05, 4.69) is 17.4 Å². The SMILES string of the molecule is COc1cc(OC)c(OC)cc1CNC(=O)c1ccccc1Cc1ccccc1. The highest BCUT2D eigenvalue weighted by atomic mass is 16.5. The van der Waals surface area contributed by atoms with Crippen LogP contribution in [0, 0.1) is 0 Å². The summed E-state index contributed by atoms with van der Waals surface area (Å²) in [5, 5.41) is 2.99. The van der Waals surface area contributed by atoms with Gasteiger partial charge in [0.05, 0.1) is 21.3 Å². The van der Waals surface area contributed by atoms with Crippen LogP contribution in [0.2, 0.25) is 0 Å². The summed E-state index contributed by atoms with van der Waals surface area (Å²) in [5.74, 6) is 1.66. The van der Waals surface area contributed by atoms with Gasteiger partial charge in [-0.2, -0.15) is 0 Å². The fraction of sp³-hybridized carbons (Fsp3) is 0.208. The predicted molar refractivity (Wildman–Crippen MR) is 113 cm³/mol. The van der Waals surface area contributed by atoms with Gasteiger partial charge in [0.1, 0.15) is 5.75 Å². The Hall–Kier alpha value is -3.47. The molecular formula is C24H25NO4. The number of carbonyl (C=O) groups excluding carboxylic acids is 1. The minimum absolute atomic E-state index is 0.131. The number of hydrogen-bond acceptors (Lipinski definition) is 4. The van der Waals surface area contributed by atoms with Crippen LogP contribution in [0.3, 0.4) is 0 Å². The van der Waals surface area contributed by atoms with Gasteiger partial charge in [-0.25, -0.2) is 0 Å². The van der Waals surface area contributed by atoms with Crippen LogP contribution < -0.4 is 19.5 Å². The molecule has 5 heteroatoms. The molecule has 3 aromatic carbocycles. The van der Waals surface area contributed by atoms with Gasteiger partial charge in [0.25, 0.3) is 5.91 Å². The van der Waals surface area contributed by atoms with E-state index in [0.29, 0.717) is 35.8 Å². The van der Waals surface area contributed by atoms with Crippen molar-refractivity contribution in [3.05, 3.63) is 89.0 Å². The fourth-order valence-corrected chi connectivity index (χ4v) is 3.21. The van der Waals surface area contributed by atoms with E-state index < -0.39 is 0 Å². The van der Waals surface area contributed by atoms with Gasteiger partial charge in [0.15, 0.2) is 11.5 Å². The summed E-state index contributed by atoms with van der Waals surface area (Å²) in [7, 11) is 4.73. The molecule has 0 heterocycles. The number of methoxy groups -OCH3 is 3. The summed E-state index contributed by atoms with van der Waals surface area (Å²) in [6.07, 6.45) is 0.699. The van der Waals surface area contributed by atoms with Crippen molar-refractivity contribution in [2.45, 2.75) is 13.0 Å². The molecule has 3 aromatic rings. The maximum Gasteiger partial charge on any atom is 0.251 e. The first kappa shape index (κ1) is 20.3. The third-order valence-electron chi connectivity index (χ3n) is 4.73. The van der Waals surface area contributed by atoms with Gasteiger partial charge in [-0.3, -0.25) is 4.79 Å². The summed E-state index contributed by atoms with van der Waals surface area (Å²) in [6.45, 7) is 0.308. The highest BCUT2D eigenvalue weighted by Crippen LogP contribution is 2.34. The zero-order chi connectivity index (χ0) is 20.6. The van der Waals surface area contributed by atoms with Crippen LogP contribution in [-0.4, -0.2) is 27.2 Å². The quantitative estimate of drug-likeness (QED) is 0.624. The van der Waals surface area contributed by atoms with E-state index >= 15 is 0 Å². The number of amides is 1. The molecule has 5 nitrogen and oxygen atoms in total. The zero-order valence-corrected chi connectivity index (χ0v) is 16.9. The van der Waals surface area contributed by atoms with Crippen molar-refractivity contribution in [3.8, 4) is 17.2 Å². The van der Waals surface area contributed by atoms with Crippen LogP contribution in [-0.2, 0) is 13.0 Å². The van der Waals surface area contributed by atoms with Gasteiger partial charge >= 0.3 is 0 Å². The summed E-state index contributed by atoms with van der Waals surface area (Å²) in [4.78, 5) is 12.9. The first-order chi connectivity index (χ1) is 14.2. The highest BCUT2D eigenvalue weighted by Gasteiger charge is 2.15. The van der Waals surface area contributed by atoms with Crippen LogP contribution in [0.1, 0.15) is 27.0 Å². The molecule has 0 radical (unpaired) electrons. The normalized spacial score (nSPS) is 10.3. The Morgan fingerprint density at radius 3 is 2.07 bits per heavy atom. The van der Waals surface area contributed by atoms with E-state index in [1.165, 1.54) is 0 Å². The topological polar surface area (TPSA) is 56.8 Å². The molecule has 0 aromatic heterocycles. The van der Waals surface area contributed by atoms with E-state index in [1.807, 2.05) is 48.5 Å². The Balaban J connectivity index is 1.78. The lowest BCUT2D eigenvalue weighted by Gasteiger charge is -2.15. The Bertz CT molecular complexity index is 970. The number of nitrogens with one attached hydrogen (secondary N) is 1. The van der Waals surface area contributed by atoms with E-state index in [-0.39, 0.29) is 5.91 Å². The van der Waals surface area contributed by atoms with Crippen molar-refractivity contribution in [1.29, 1.82) is 0 Å². The van der Waals surface area contributed by atoms with E-state index in [9.17, 15) is 4.79 Å². The molecule has 29 heavy (non-hydrogen) atoms. The molecule has 150 valence electrons. The molecule has 0 saturated heterocycles. The molecule has 1 N–H and O–H groups in total. The molecule has 0 spiro atoms. The lowest BCUT2D eigenvalue weighted by atomic mass is 9.99. The lowest BCUT2D eigenvalue weighted by molar-refractivity contribution is 0.0950. The monoisotopic (exact) mass is 391 g/mol. The molecule has 0 bridgehead atoms. The van der Waals surface area contributed by atoms with Crippen LogP contribution >= 0.6 is 0 Å². The molecule has 0 fully saturated rings. The number of carbonyl (C=O) groups is 1. The Morgan fingerprint density at radius 2 is 1.38 bits per heavy atom. The molecular weight excluding hydrogens is 366 g/mol. The lowest BCUT2D eigenvalue weighted by Crippen LogP contribution is -2.24. The molecule has 0 atom stereocenters. The van der Waals surface area contributed by atoms with Crippen molar-refractivity contribution in [2.75, 3.05) is 21.3 Å². The standard InChI is InChI=1S/C24H25NO4/c1-27-21-15-23(29-3)22(28-2)14-19(21)16-25-24(26)20-12-8-7-11-18(20)13-17-9-5-4-6-10-17/h4-12,14-15H,13,16H2,1-3H3,(H,25,26). The van der Waals surface area contributed by atoms with Gasteiger partial charge in [-0.05, 0) is 29.7 Å². The van der Waals surface area contributed by atoms with Crippen molar-refractivity contribution < 1.29 is 19.0 Å². The Labute approximate surface area is 171 Å². The van der Waals surface area contributed by atoms with Crippen LogP contribution in [0.4, 0.5) is 0 Å². The summed E-state index contributed by atoms with van der Waals surface area (Å²) < 4.78 is 16.1. The highest BCUT2D eigenvalue weighted by molar-refractivity contribution is 5.95. The van der Waals surface area contributed by atoms with Gasteiger partial charge in [-0.15, -0.1) is 0 Å². The summed E-state index contributed by atoms with van der Waals surface area (Å²) in [6, 6.07) is 21.3. The van der Waals surface area contributed by atoms with Crippen LogP contribution in [0.5, 0.6) is 17.2 Å². The molecule has 0 saturated carbocycles. The Kier molecular flexibility index (Phi) is 6.74. The first-order valence-corrected chi connectivity index (χ1v) is 9.35. The second kappa shape index (κ2) is 9.64. The van der Waals surface area contributed by atoms with E-state index in [1.54, 1.807) is 27.4 Å². The molecule has 0 aliphatic heterocycles. The van der Waals surface area contributed by atoms with E-state index in [0.717, 1.165) is 16.7 Å². The molecule has 0 aliphatic carbocycles. The van der Waals surface area contributed by atoms with Gasteiger partial charge in [0, 0.05) is 23.7 Å². The first-order valence-electron chi connectivity index (χ1n) is 9.35. The molecule has 0 unspecified atom stereocenters. The third-order valence-corrected chi connectivity index (χ3v) is 4.73. The number of hydrogen-bond donors (Lipinski definition) is 1. The maximum atomic E-state index is 12.9.